The summed E-state index contributed by atoms with van der Waals surface area (Å²) in [5.41, 5.74) is 9.61. The van der Waals surface area contributed by atoms with Crippen molar-refractivity contribution in [3.05, 3.63) is 168 Å². The minimum atomic E-state index is -0.372. The summed E-state index contributed by atoms with van der Waals surface area (Å²) < 4.78 is 0. The van der Waals surface area contributed by atoms with Gasteiger partial charge in [0.05, 0.1) is 4.92 Å². The fourth-order valence-corrected chi connectivity index (χ4v) is 5.10. The molecule has 0 atom stereocenters. The molecule has 0 saturated carbocycles. The zero-order valence-electron chi connectivity index (χ0n) is 23.2. The monoisotopic (exact) mass is 547 g/mol. The highest BCUT2D eigenvalue weighted by molar-refractivity contribution is 5.80. The van der Waals surface area contributed by atoms with Crippen LogP contribution in [0.25, 0.3) is 22.3 Å². The van der Waals surface area contributed by atoms with Crippen LogP contribution in [0.15, 0.2) is 158 Å². The van der Waals surface area contributed by atoms with Gasteiger partial charge in [-0.15, -0.1) is 0 Å². The highest BCUT2D eigenvalue weighted by Gasteiger charge is 2.14. The van der Waals surface area contributed by atoms with Crippen LogP contribution in [0.3, 0.4) is 0 Å². The van der Waals surface area contributed by atoms with Crippen LogP contribution in [0.4, 0.5) is 34.1 Å². The van der Waals surface area contributed by atoms with Gasteiger partial charge < -0.3 is 9.80 Å². The summed E-state index contributed by atoms with van der Waals surface area (Å²) >= 11 is 0. The van der Waals surface area contributed by atoms with Crippen LogP contribution in [0.5, 0.6) is 0 Å². The first-order valence-electron chi connectivity index (χ1n) is 13.8. The largest absolute Gasteiger partial charge is 0.344 e. The van der Waals surface area contributed by atoms with Gasteiger partial charge in [0.25, 0.3) is 5.69 Å². The van der Waals surface area contributed by atoms with Gasteiger partial charge >= 0.3 is 0 Å². The molecular weight excluding hydrogens is 518 g/mol. The summed E-state index contributed by atoms with van der Waals surface area (Å²) in [4.78, 5) is 15.0. The Morgan fingerprint density at radius 2 is 0.857 bits per heavy atom. The summed E-state index contributed by atoms with van der Waals surface area (Å²) in [5, 5.41) is 11.2. The third-order valence-corrected chi connectivity index (χ3v) is 7.39. The van der Waals surface area contributed by atoms with Crippen LogP contribution >= 0.6 is 0 Å². The molecule has 204 valence electrons. The average molecular weight is 548 g/mol. The van der Waals surface area contributed by atoms with E-state index in [4.69, 9.17) is 0 Å². The van der Waals surface area contributed by atoms with E-state index in [0.717, 1.165) is 39.6 Å². The third kappa shape index (κ3) is 5.62. The van der Waals surface area contributed by atoms with E-state index in [9.17, 15) is 10.1 Å². The van der Waals surface area contributed by atoms with Gasteiger partial charge in [0.2, 0.25) is 0 Å². The lowest BCUT2D eigenvalue weighted by atomic mass is 10.0. The molecule has 0 radical (unpaired) electrons. The summed E-state index contributed by atoms with van der Waals surface area (Å²) in [5.74, 6) is 0. The molecule has 0 aromatic heterocycles. The summed E-state index contributed by atoms with van der Waals surface area (Å²) in [6.07, 6.45) is 0. The molecule has 6 aromatic carbocycles. The lowest BCUT2D eigenvalue weighted by Gasteiger charge is -2.26. The van der Waals surface area contributed by atoms with Crippen molar-refractivity contribution in [2.24, 2.45) is 0 Å². The number of hydrogen-bond acceptors (Lipinski definition) is 4. The van der Waals surface area contributed by atoms with Crippen LogP contribution in [-0.4, -0.2) is 12.0 Å². The zero-order valence-corrected chi connectivity index (χ0v) is 23.2. The van der Waals surface area contributed by atoms with Crippen LogP contribution in [0.2, 0.25) is 0 Å². The molecule has 0 spiro atoms. The number of nitrogens with zero attached hydrogens (tertiary/aromatic N) is 3. The fourth-order valence-electron chi connectivity index (χ4n) is 5.10. The van der Waals surface area contributed by atoms with Crippen molar-refractivity contribution < 1.29 is 4.92 Å². The molecule has 5 nitrogen and oxygen atoms in total. The van der Waals surface area contributed by atoms with Crippen LogP contribution in [0, 0.1) is 10.1 Å². The average Bonchev–Trinajstić information content (AvgIpc) is 3.06. The Morgan fingerprint density at radius 3 is 1.36 bits per heavy atom. The second-order valence-electron chi connectivity index (χ2n) is 10.0. The Hall–Kier alpha value is -5.68. The van der Waals surface area contributed by atoms with Crippen molar-refractivity contribution in [2.75, 3.05) is 16.8 Å². The normalized spacial score (nSPS) is 10.7. The van der Waals surface area contributed by atoms with E-state index in [0.29, 0.717) is 0 Å². The maximum atomic E-state index is 11.2. The SMILES string of the molecule is CN(c1ccc(-c2ccc(N(c3ccccc3)c3ccc(-c4ccccc4)cc3)cc2)cc1)c1cccc([N+](=O)[O-])c1. The molecule has 0 heterocycles. The van der Waals surface area contributed by atoms with E-state index in [1.807, 2.05) is 42.3 Å². The second kappa shape index (κ2) is 11.8. The molecule has 0 bridgehead atoms. The Kier molecular flexibility index (Phi) is 7.47. The predicted octanol–water partition coefficient (Wildman–Crippen LogP) is 10.2. The quantitative estimate of drug-likeness (QED) is 0.140. The van der Waals surface area contributed by atoms with Gasteiger partial charge in [-0.2, -0.15) is 0 Å². The molecular formula is C37H29N3O2. The molecule has 0 aliphatic rings. The van der Waals surface area contributed by atoms with Gasteiger partial charge in [-0.05, 0) is 76.9 Å². The molecule has 0 aliphatic carbocycles. The number of anilines is 5. The van der Waals surface area contributed by atoms with E-state index in [-0.39, 0.29) is 10.6 Å². The molecule has 6 aromatic rings. The molecule has 0 saturated heterocycles. The fraction of sp³-hybridized carbons (Fsp3) is 0.0270. The molecule has 5 heteroatoms. The van der Waals surface area contributed by atoms with Gasteiger partial charge in [0, 0.05) is 47.6 Å². The first-order valence-corrected chi connectivity index (χ1v) is 13.8. The van der Waals surface area contributed by atoms with Crippen molar-refractivity contribution in [3.63, 3.8) is 0 Å². The Labute approximate surface area is 245 Å². The van der Waals surface area contributed by atoms with Gasteiger partial charge in [0.15, 0.2) is 0 Å². The van der Waals surface area contributed by atoms with E-state index >= 15 is 0 Å². The number of para-hydroxylation sites is 1. The van der Waals surface area contributed by atoms with E-state index in [1.165, 1.54) is 17.2 Å². The first-order chi connectivity index (χ1) is 20.6. The lowest BCUT2D eigenvalue weighted by molar-refractivity contribution is -0.384. The molecule has 0 fully saturated rings. The van der Waals surface area contributed by atoms with E-state index in [1.54, 1.807) is 12.1 Å². The van der Waals surface area contributed by atoms with Gasteiger partial charge in [-0.25, -0.2) is 0 Å². The van der Waals surface area contributed by atoms with Crippen molar-refractivity contribution in [2.45, 2.75) is 0 Å². The minimum absolute atomic E-state index is 0.0766. The van der Waals surface area contributed by atoms with E-state index < -0.39 is 0 Å². The minimum Gasteiger partial charge on any atom is -0.344 e. The van der Waals surface area contributed by atoms with Crippen molar-refractivity contribution in [1.82, 2.24) is 0 Å². The topological polar surface area (TPSA) is 49.6 Å². The Balaban J connectivity index is 1.26. The zero-order chi connectivity index (χ0) is 28.9. The highest BCUT2D eigenvalue weighted by Crippen LogP contribution is 2.37. The Bertz CT molecular complexity index is 1790. The number of hydrogen-bond donors (Lipinski definition) is 0. The van der Waals surface area contributed by atoms with Crippen molar-refractivity contribution in [1.29, 1.82) is 0 Å². The van der Waals surface area contributed by atoms with Crippen LogP contribution in [0.1, 0.15) is 0 Å². The maximum Gasteiger partial charge on any atom is 0.271 e. The molecule has 0 unspecified atom stereocenters. The van der Waals surface area contributed by atoms with Gasteiger partial charge in [-0.1, -0.05) is 91.0 Å². The highest BCUT2D eigenvalue weighted by atomic mass is 16.6. The number of benzene rings is 6. The molecule has 42 heavy (non-hydrogen) atoms. The Morgan fingerprint density at radius 1 is 0.452 bits per heavy atom. The smallest absolute Gasteiger partial charge is 0.271 e. The second-order valence-corrected chi connectivity index (χ2v) is 10.0. The van der Waals surface area contributed by atoms with Crippen molar-refractivity contribution in [3.8, 4) is 22.3 Å². The van der Waals surface area contributed by atoms with Crippen LogP contribution in [-0.2, 0) is 0 Å². The van der Waals surface area contributed by atoms with Gasteiger partial charge in [0.1, 0.15) is 0 Å². The third-order valence-electron chi connectivity index (χ3n) is 7.39. The summed E-state index contributed by atoms with van der Waals surface area (Å²) in [6, 6.07) is 52.9. The maximum absolute atomic E-state index is 11.2. The first kappa shape index (κ1) is 26.5. The molecule has 0 aliphatic heterocycles. The standard InChI is InChI=1S/C37H29N3O2/c1-38(36-13-8-14-37(27-36)40(41)42)32-21-15-30(16-22-32)31-19-25-35(26-20-31)39(33-11-6-3-7-12-33)34-23-17-29(18-24-34)28-9-4-2-5-10-28/h2-27H,1H3. The number of nitro groups is 1. The number of nitro benzene ring substituents is 1. The molecule has 0 amide bonds. The lowest BCUT2D eigenvalue weighted by Crippen LogP contribution is -2.09. The molecule has 0 N–H and O–H groups in total. The molecule has 6 rings (SSSR count). The predicted molar refractivity (Wildman–Crippen MR) is 173 cm³/mol. The number of rotatable bonds is 8. The summed E-state index contributed by atoms with van der Waals surface area (Å²) in [7, 11) is 1.91. The van der Waals surface area contributed by atoms with E-state index in [2.05, 4.69) is 114 Å². The van der Waals surface area contributed by atoms with Gasteiger partial charge in [-0.3, -0.25) is 10.1 Å². The van der Waals surface area contributed by atoms with Crippen LogP contribution < -0.4 is 9.80 Å². The summed E-state index contributed by atoms with van der Waals surface area (Å²) in [6.45, 7) is 0. The number of non-ortho nitro benzene ring substituents is 1. The van der Waals surface area contributed by atoms with Crippen molar-refractivity contribution >= 4 is 34.1 Å².